The van der Waals surface area contributed by atoms with Crippen molar-refractivity contribution in [2.45, 2.75) is 31.7 Å². The summed E-state index contributed by atoms with van der Waals surface area (Å²) < 4.78 is 22.6. The number of hydrogen-bond donors (Lipinski definition) is 1. The molecule has 3 unspecified atom stereocenters. The molecule has 0 spiro atoms. The van der Waals surface area contributed by atoms with Crippen LogP contribution >= 0.6 is 0 Å². The van der Waals surface area contributed by atoms with Crippen LogP contribution in [0.3, 0.4) is 0 Å². The molecule has 10 heteroatoms. The molecular formula is C31H35N3O7. The van der Waals surface area contributed by atoms with E-state index in [2.05, 4.69) is 11.9 Å². The number of carbonyl (C=O) groups excluding carboxylic acids is 1. The summed E-state index contributed by atoms with van der Waals surface area (Å²) in [6, 6.07) is 15.8. The molecule has 10 nitrogen and oxygen atoms in total. The van der Waals surface area contributed by atoms with E-state index in [0.717, 1.165) is 18.4 Å². The standard InChI is InChI=1S/C31H35N3O7/c1-3-4-14-34(22-8-7-13-32-16-22)29(35)18-33-17-23(21-11-12-27-28(15-21)41-20-40-27)30(31(36)37)24(33)19-39-26-10-6-5-9-25(26)38-2/h5-13,15-16,23-24,30H,3-4,14,17-20H2,1-2H3,(H,36,37). The van der Waals surface area contributed by atoms with Gasteiger partial charge in [0.25, 0.3) is 0 Å². The first-order valence-electron chi connectivity index (χ1n) is 13.8. The summed E-state index contributed by atoms with van der Waals surface area (Å²) in [7, 11) is 1.56. The molecular weight excluding hydrogens is 526 g/mol. The smallest absolute Gasteiger partial charge is 0.308 e. The second-order valence-electron chi connectivity index (χ2n) is 10.2. The monoisotopic (exact) mass is 561 g/mol. The summed E-state index contributed by atoms with van der Waals surface area (Å²) in [5.41, 5.74) is 1.53. The third-order valence-electron chi connectivity index (χ3n) is 7.67. The number of unbranched alkanes of at least 4 members (excludes halogenated alkanes) is 1. The molecule has 1 aromatic heterocycles. The van der Waals surface area contributed by atoms with E-state index in [-0.39, 0.29) is 25.9 Å². The normalized spacial score (nSPS) is 19.6. The predicted molar refractivity (Wildman–Crippen MR) is 152 cm³/mol. The van der Waals surface area contributed by atoms with Gasteiger partial charge in [-0.1, -0.05) is 31.5 Å². The van der Waals surface area contributed by atoms with E-state index in [0.29, 0.717) is 41.8 Å². The highest BCUT2D eigenvalue weighted by Gasteiger charge is 2.48. The number of pyridine rings is 1. The van der Waals surface area contributed by atoms with Crippen LogP contribution in [0.2, 0.25) is 0 Å². The number of carboxylic acid groups (broad SMARTS) is 1. The molecule has 0 bridgehead atoms. The molecule has 2 aromatic carbocycles. The van der Waals surface area contributed by atoms with Gasteiger partial charge in [0.15, 0.2) is 23.0 Å². The Balaban J connectivity index is 1.45. The van der Waals surface area contributed by atoms with Gasteiger partial charge >= 0.3 is 5.97 Å². The second kappa shape index (κ2) is 12.9. The summed E-state index contributed by atoms with van der Waals surface area (Å²) in [5, 5.41) is 10.5. The minimum absolute atomic E-state index is 0.0311. The van der Waals surface area contributed by atoms with Gasteiger partial charge in [-0.25, -0.2) is 0 Å². The lowest BCUT2D eigenvalue weighted by molar-refractivity contribution is -0.143. The lowest BCUT2D eigenvalue weighted by Gasteiger charge is -2.29. The number of para-hydroxylation sites is 2. The van der Waals surface area contributed by atoms with Crippen LogP contribution in [0.15, 0.2) is 67.0 Å². The van der Waals surface area contributed by atoms with Gasteiger partial charge in [0.2, 0.25) is 12.7 Å². The van der Waals surface area contributed by atoms with Crippen LogP contribution < -0.4 is 23.8 Å². The summed E-state index contributed by atoms with van der Waals surface area (Å²) >= 11 is 0. The lowest BCUT2D eigenvalue weighted by atomic mass is 9.85. The topological polar surface area (TPSA) is 111 Å². The molecule has 216 valence electrons. The average molecular weight is 562 g/mol. The molecule has 1 amide bonds. The zero-order valence-electron chi connectivity index (χ0n) is 23.3. The molecule has 2 aliphatic rings. The molecule has 3 atom stereocenters. The number of hydrogen-bond acceptors (Lipinski definition) is 8. The first-order chi connectivity index (χ1) is 20.0. The number of amides is 1. The second-order valence-corrected chi connectivity index (χ2v) is 10.2. The Labute approximate surface area is 239 Å². The maximum atomic E-state index is 13.8. The highest BCUT2D eigenvalue weighted by Crippen LogP contribution is 2.42. The Kier molecular flexibility index (Phi) is 8.88. The Bertz CT molecular complexity index is 1350. The van der Waals surface area contributed by atoms with E-state index < -0.39 is 23.8 Å². The van der Waals surface area contributed by atoms with Gasteiger partial charge in [-0.2, -0.15) is 0 Å². The first-order valence-corrected chi connectivity index (χ1v) is 13.8. The molecule has 3 aromatic rings. The third kappa shape index (κ3) is 6.22. The Morgan fingerprint density at radius 2 is 1.90 bits per heavy atom. The Morgan fingerprint density at radius 3 is 2.63 bits per heavy atom. The van der Waals surface area contributed by atoms with E-state index >= 15 is 0 Å². The molecule has 0 saturated carbocycles. The predicted octanol–water partition coefficient (Wildman–Crippen LogP) is 4.20. The summed E-state index contributed by atoms with van der Waals surface area (Å²) in [6.45, 7) is 3.20. The van der Waals surface area contributed by atoms with Crippen LogP contribution in [0.4, 0.5) is 5.69 Å². The van der Waals surface area contributed by atoms with Crippen LogP contribution in [-0.2, 0) is 9.59 Å². The van der Waals surface area contributed by atoms with Crippen molar-refractivity contribution >= 4 is 17.6 Å². The number of aliphatic carboxylic acids is 1. The average Bonchev–Trinajstić information content (AvgIpc) is 3.61. The molecule has 1 fully saturated rings. The summed E-state index contributed by atoms with van der Waals surface area (Å²) in [6.07, 6.45) is 5.11. The van der Waals surface area contributed by atoms with Crippen molar-refractivity contribution in [2.75, 3.05) is 45.0 Å². The zero-order valence-corrected chi connectivity index (χ0v) is 23.3. The van der Waals surface area contributed by atoms with Crippen molar-refractivity contribution in [1.29, 1.82) is 0 Å². The van der Waals surface area contributed by atoms with Gasteiger partial charge in [-0.3, -0.25) is 19.5 Å². The first kappa shape index (κ1) is 28.2. The molecule has 0 radical (unpaired) electrons. The number of rotatable bonds is 12. The lowest BCUT2D eigenvalue weighted by Crippen LogP contribution is -2.46. The Hall–Kier alpha value is -4.31. The third-order valence-corrected chi connectivity index (χ3v) is 7.67. The molecule has 3 heterocycles. The molecule has 1 saturated heterocycles. The van der Waals surface area contributed by atoms with Crippen LogP contribution in [0, 0.1) is 5.92 Å². The van der Waals surface area contributed by atoms with Crippen molar-refractivity contribution in [3.63, 3.8) is 0 Å². The number of benzene rings is 2. The number of carboxylic acids is 1. The largest absolute Gasteiger partial charge is 0.493 e. The minimum atomic E-state index is -0.952. The molecule has 5 rings (SSSR count). The molecule has 41 heavy (non-hydrogen) atoms. The van der Waals surface area contributed by atoms with Gasteiger partial charge in [0.1, 0.15) is 6.61 Å². The number of fused-ring (bicyclic) bond motifs is 1. The van der Waals surface area contributed by atoms with Crippen LogP contribution in [0.5, 0.6) is 23.0 Å². The van der Waals surface area contributed by atoms with E-state index in [1.165, 1.54) is 0 Å². The number of aromatic nitrogens is 1. The van der Waals surface area contributed by atoms with Gasteiger partial charge < -0.3 is 29.0 Å². The number of carbonyl (C=O) groups is 2. The van der Waals surface area contributed by atoms with Gasteiger partial charge in [0, 0.05) is 25.2 Å². The minimum Gasteiger partial charge on any atom is -0.493 e. The van der Waals surface area contributed by atoms with E-state index in [4.69, 9.17) is 18.9 Å². The molecule has 1 N–H and O–H groups in total. The fraction of sp³-hybridized carbons (Fsp3) is 0.387. The van der Waals surface area contributed by atoms with Crippen LogP contribution in [-0.4, -0.2) is 73.1 Å². The fourth-order valence-corrected chi connectivity index (χ4v) is 5.58. The number of ether oxygens (including phenoxy) is 4. The zero-order chi connectivity index (χ0) is 28.8. The van der Waals surface area contributed by atoms with E-state index in [1.54, 1.807) is 48.7 Å². The maximum absolute atomic E-state index is 13.8. The SMILES string of the molecule is CCCCN(C(=O)CN1CC(c2ccc3c(c2)OCO3)C(C(=O)O)C1COc1ccccc1OC)c1cccnc1. The molecule has 2 aliphatic heterocycles. The number of anilines is 1. The van der Waals surface area contributed by atoms with E-state index in [1.807, 2.05) is 35.2 Å². The van der Waals surface area contributed by atoms with Crippen molar-refractivity contribution < 1.29 is 33.6 Å². The van der Waals surface area contributed by atoms with Crippen molar-refractivity contribution in [2.24, 2.45) is 5.92 Å². The molecule has 0 aliphatic carbocycles. The summed E-state index contributed by atoms with van der Waals surface area (Å²) in [4.78, 5) is 34.5. The fourth-order valence-electron chi connectivity index (χ4n) is 5.58. The van der Waals surface area contributed by atoms with E-state index in [9.17, 15) is 14.7 Å². The van der Waals surface area contributed by atoms with Crippen LogP contribution in [0.1, 0.15) is 31.2 Å². The number of nitrogens with zero attached hydrogens (tertiary/aromatic N) is 3. The van der Waals surface area contributed by atoms with Crippen molar-refractivity contribution in [3.8, 4) is 23.0 Å². The highest BCUT2D eigenvalue weighted by atomic mass is 16.7. The number of likely N-dealkylation sites (tertiary alicyclic amines) is 1. The van der Waals surface area contributed by atoms with Gasteiger partial charge in [-0.05, 0) is 48.4 Å². The Morgan fingerprint density at radius 1 is 1.10 bits per heavy atom. The van der Waals surface area contributed by atoms with Crippen molar-refractivity contribution in [3.05, 3.63) is 72.6 Å². The van der Waals surface area contributed by atoms with Gasteiger partial charge in [-0.15, -0.1) is 0 Å². The van der Waals surface area contributed by atoms with Crippen molar-refractivity contribution in [1.82, 2.24) is 9.88 Å². The highest BCUT2D eigenvalue weighted by molar-refractivity contribution is 5.94. The van der Waals surface area contributed by atoms with Crippen LogP contribution in [0.25, 0.3) is 0 Å². The maximum Gasteiger partial charge on any atom is 0.308 e. The quantitative estimate of drug-likeness (QED) is 0.348. The summed E-state index contributed by atoms with van der Waals surface area (Å²) in [5.74, 6) is -0.0268. The van der Waals surface area contributed by atoms with Gasteiger partial charge in [0.05, 0.1) is 37.5 Å². The number of methoxy groups -OCH3 is 1.